The molecule has 1 aliphatic heterocycles. The molecule has 0 amide bonds. The average molecular weight is 298 g/mol. The Morgan fingerprint density at radius 1 is 0.889 bits per heavy atom. The summed E-state index contributed by atoms with van der Waals surface area (Å²) in [6.45, 7) is 0. The van der Waals surface area contributed by atoms with E-state index in [2.05, 4.69) is 9.97 Å². The van der Waals surface area contributed by atoms with Crippen LogP contribution in [-0.4, -0.2) is 9.97 Å². The molecule has 0 saturated heterocycles. The molecule has 2 aromatic heterocycles. The van der Waals surface area contributed by atoms with Gasteiger partial charge in [0.15, 0.2) is 0 Å². The fourth-order valence-corrected chi connectivity index (χ4v) is 6.77. The van der Waals surface area contributed by atoms with E-state index in [-0.39, 0.29) is 15.2 Å². The summed E-state index contributed by atoms with van der Waals surface area (Å²) >= 11 is 4.13. The van der Waals surface area contributed by atoms with Crippen LogP contribution in [0.3, 0.4) is 0 Å². The number of H-pyrrole nitrogens is 2. The highest BCUT2D eigenvalue weighted by Crippen LogP contribution is 2.57. The second-order valence-electron chi connectivity index (χ2n) is 4.74. The van der Waals surface area contributed by atoms with Gasteiger partial charge < -0.3 is 9.97 Å². The number of hydrogen-bond donors (Lipinski definition) is 2. The quantitative estimate of drug-likeness (QED) is 0.785. The van der Waals surface area contributed by atoms with E-state index in [0.717, 1.165) is 32.6 Å². The van der Waals surface area contributed by atoms with E-state index in [1.807, 2.05) is 0 Å². The molecule has 1 saturated carbocycles. The van der Waals surface area contributed by atoms with Crippen molar-refractivity contribution in [3.05, 3.63) is 29.1 Å². The highest BCUT2D eigenvalue weighted by atomic mass is 32.2. The number of hydrogen-bond acceptors (Lipinski definition) is 5. The molecule has 1 spiro atoms. The topological polar surface area (TPSA) is 65.7 Å². The smallest absolute Gasteiger partial charge is 0.305 e. The Hall–Kier alpha value is -0.790. The Bertz CT molecular complexity index is 674. The van der Waals surface area contributed by atoms with E-state index in [0.29, 0.717) is 0 Å². The fourth-order valence-electron chi connectivity index (χ4n) is 3.04. The van der Waals surface area contributed by atoms with E-state index >= 15 is 0 Å². The Balaban J connectivity index is 2.05. The van der Waals surface area contributed by atoms with Crippen molar-refractivity contribution in [1.29, 1.82) is 0 Å². The maximum Gasteiger partial charge on any atom is 0.305 e. The summed E-state index contributed by atoms with van der Waals surface area (Å²) in [6, 6.07) is 0. The largest absolute Gasteiger partial charge is 0.307 e. The van der Waals surface area contributed by atoms with Gasteiger partial charge in [-0.2, -0.15) is 0 Å². The Morgan fingerprint density at radius 2 is 1.39 bits per heavy atom. The van der Waals surface area contributed by atoms with E-state index in [9.17, 15) is 9.59 Å². The standard InChI is InChI=1S/C11H10N2O2S3/c14-9-12-7-5(16-9)11(3-1-2-4-11)6-8(18-7)13-10(15)17-6/h1-4H2,(H,12,14)(H,13,15). The van der Waals surface area contributed by atoms with Crippen LogP contribution in [0.2, 0.25) is 0 Å². The van der Waals surface area contributed by atoms with Gasteiger partial charge in [-0.15, -0.1) is 0 Å². The predicted octanol–water partition coefficient (Wildman–Crippen LogP) is 2.51. The lowest BCUT2D eigenvalue weighted by molar-refractivity contribution is 0.528. The number of nitrogens with one attached hydrogen (secondary N) is 2. The molecule has 0 aromatic carbocycles. The Morgan fingerprint density at radius 3 is 1.89 bits per heavy atom. The maximum absolute atomic E-state index is 11.6. The Labute approximate surface area is 114 Å². The van der Waals surface area contributed by atoms with Gasteiger partial charge in [-0.25, -0.2) is 0 Å². The lowest BCUT2D eigenvalue weighted by Gasteiger charge is -2.31. The van der Waals surface area contributed by atoms with Crippen LogP contribution in [0.5, 0.6) is 0 Å². The minimum Gasteiger partial charge on any atom is -0.307 e. The summed E-state index contributed by atoms with van der Waals surface area (Å²) in [5.41, 5.74) is -0.0659. The predicted molar refractivity (Wildman–Crippen MR) is 73.3 cm³/mol. The summed E-state index contributed by atoms with van der Waals surface area (Å²) < 4.78 is 0. The zero-order valence-electron chi connectivity index (χ0n) is 9.37. The molecule has 0 bridgehead atoms. The summed E-state index contributed by atoms with van der Waals surface area (Å²) in [6.07, 6.45) is 4.44. The fraction of sp³-hybridized carbons (Fsp3) is 0.455. The lowest BCUT2D eigenvalue weighted by atomic mass is 9.83. The summed E-state index contributed by atoms with van der Waals surface area (Å²) in [5, 5.41) is 1.88. The molecule has 4 nitrogen and oxygen atoms in total. The van der Waals surface area contributed by atoms with Gasteiger partial charge in [0.25, 0.3) is 0 Å². The van der Waals surface area contributed by atoms with Gasteiger partial charge in [-0.05, 0) is 12.8 Å². The van der Waals surface area contributed by atoms with Crippen LogP contribution in [0.4, 0.5) is 0 Å². The van der Waals surface area contributed by atoms with Crippen LogP contribution in [0, 0.1) is 0 Å². The molecular formula is C11H10N2O2S3. The van der Waals surface area contributed by atoms with E-state index < -0.39 is 0 Å². The summed E-state index contributed by atoms with van der Waals surface area (Å²) in [7, 11) is 0. The van der Waals surface area contributed by atoms with Gasteiger partial charge in [0.05, 0.1) is 19.8 Å². The molecule has 0 atom stereocenters. The number of fused-ring (bicyclic) bond motifs is 4. The molecule has 0 radical (unpaired) electrons. The molecule has 2 aromatic rings. The molecule has 2 N–H and O–H groups in total. The zero-order valence-corrected chi connectivity index (χ0v) is 11.8. The van der Waals surface area contributed by atoms with Crippen molar-refractivity contribution in [2.75, 3.05) is 0 Å². The second kappa shape index (κ2) is 3.61. The van der Waals surface area contributed by atoms with Crippen molar-refractivity contribution in [3.8, 4) is 0 Å². The van der Waals surface area contributed by atoms with Gasteiger partial charge in [-0.3, -0.25) is 9.59 Å². The van der Waals surface area contributed by atoms with Crippen LogP contribution < -0.4 is 9.75 Å². The van der Waals surface area contributed by atoms with Crippen molar-refractivity contribution in [2.24, 2.45) is 0 Å². The van der Waals surface area contributed by atoms with Gasteiger partial charge in [0.1, 0.15) is 0 Å². The molecule has 18 heavy (non-hydrogen) atoms. The molecule has 2 aliphatic rings. The first-order valence-corrected chi connectivity index (χ1v) is 8.29. The highest BCUT2D eigenvalue weighted by Gasteiger charge is 2.47. The highest BCUT2D eigenvalue weighted by molar-refractivity contribution is 7.99. The van der Waals surface area contributed by atoms with Crippen molar-refractivity contribution >= 4 is 34.4 Å². The normalized spacial score (nSPS) is 20.0. The third-order valence-electron chi connectivity index (χ3n) is 3.76. The molecule has 4 rings (SSSR count). The van der Waals surface area contributed by atoms with Gasteiger partial charge in [0.2, 0.25) is 0 Å². The van der Waals surface area contributed by atoms with Crippen LogP contribution in [0.25, 0.3) is 0 Å². The van der Waals surface area contributed by atoms with Gasteiger partial charge in [0, 0.05) is 5.41 Å². The number of aromatic nitrogens is 2. The number of rotatable bonds is 0. The zero-order chi connectivity index (χ0) is 12.3. The first-order valence-electron chi connectivity index (χ1n) is 5.84. The molecule has 1 aliphatic carbocycles. The monoisotopic (exact) mass is 298 g/mol. The minimum atomic E-state index is -0.0659. The third-order valence-corrected chi connectivity index (χ3v) is 7.22. The van der Waals surface area contributed by atoms with Gasteiger partial charge >= 0.3 is 9.75 Å². The molecule has 1 fully saturated rings. The van der Waals surface area contributed by atoms with Crippen molar-refractivity contribution < 1.29 is 0 Å². The van der Waals surface area contributed by atoms with E-state index in [1.165, 1.54) is 47.3 Å². The van der Waals surface area contributed by atoms with Crippen molar-refractivity contribution in [3.63, 3.8) is 0 Å². The lowest BCUT2D eigenvalue weighted by Crippen LogP contribution is -2.25. The Kier molecular flexibility index (Phi) is 2.22. The van der Waals surface area contributed by atoms with Gasteiger partial charge in [-0.1, -0.05) is 47.3 Å². The average Bonchev–Trinajstić information content (AvgIpc) is 2.98. The number of thiazole rings is 2. The van der Waals surface area contributed by atoms with Crippen LogP contribution in [0.1, 0.15) is 35.4 Å². The first-order chi connectivity index (χ1) is 8.69. The molecular weight excluding hydrogens is 288 g/mol. The molecule has 3 heterocycles. The van der Waals surface area contributed by atoms with Crippen molar-refractivity contribution in [1.82, 2.24) is 9.97 Å². The minimum absolute atomic E-state index is 0.0104. The van der Waals surface area contributed by atoms with Crippen LogP contribution in [-0.2, 0) is 5.41 Å². The van der Waals surface area contributed by atoms with Crippen LogP contribution >= 0.6 is 34.4 Å². The van der Waals surface area contributed by atoms with E-state index in [4.69, 9.17) is 0 Å². The SMILES string of the molecule is O=c1[nH]c2c(s1)C1(CCCC1)c1sc(=O)[nH]c1S2. The maximum atomic E-state index is 11.6. The first kappa shape index (κ1) is 11.1. The van der Waals surface area contributed by atoms with Crippen molar-refractivity contribution in [2.45, 2.75) is 41.2 Å². The molecule has 7 heteroatoms. The molecule has 94 valence electrons. The number of aromatic amines is 2. The molecule has 0 unspecified atom stereocenters. The van der Waals surface area contributed by atoms with Crippen LogP contribution in [0.15, 0.2) is 19.6 Å². The third kappa shape index (κ3) is 1.32. The summed E-state index contributed by atoms with van der Waals surface area (Å²) in [5.74, 6) is 0. The second-order valence-corrected chi connectivity index (χ2v) is 7.72. The summed E-state index contributed by atoms with van der Waals surface area (Å²) in [4.78, 5) is 31.4. The van der Waals surface area contributed by atoms with E-state index in [1.54, 1.807) is 0 Å².